The third kappa shape index (κ3) is 4.92. The van der Waals surface area contributed by atoms with Crippen LogP contribution in [0.3, 0.4) is 0 Å². The smallest absolute Gasteiger partial charge is 0.243 e. The molecule has 35 heavy (non-hydrogen) atoms. The molecule has 182 valence electrons. The maximum Gasteiger partial charge on any atom is 0.243 e. The summed E-state index contributed by atoms with van der Waals surface area (Å²) in [5.74, 6) is 0.851. The number of methoxy groups -OCH3 is 1. The number of sulfonamides is 1. The van der Waals surface area contributed by atoms with E-state index in [-0.39, 0.29) is 29.8 Å². The summed E-state index contributed by atoms with van der Waals surface area (Å²) in [7, 11) is -2.02. The molecule has 1 fully saturated rings. The van der Waals surface area contributed by atoms with Crippen molar-refractivity contribution in [1.29, 1.82) is 0 Å². The number of ether oxygens (including phenoxy) is 1. The SMILES string of the molecule is COc1ccc2cc(-c3csc(NC(=O)C4CCN(S(=O)(=O)c5ccc(Cl)cc5)CC4)n3)oc2c1. The number of piperidine rings is 1. The molecule has 0 atom stereocenters. The van der Waals surface area contributed by atoms with Gasteiger partial charge in [-0.1, -0.05) is 11.6 Å². The molecule has 3 heterocycles. The van der Waals surface area contributed by atoms with Crippen LogP contribution < -0.4 is 10.1 Å². The van der Waals surface area contributed by atoms with E-state index in [4.69, 9.17) is 20.8 Å². The van der Waals surface area contributed by atoms with E-state index in [0.717, 1.165) is 5.39 Å². The fourth-order valence-electron chi connectivity index (χ4n) is 4.03. The first-order valence-corrected chi connectivity index (χ1v) is 13.6. The van der Waals surface area contributed by atoms with Crippen LogP contribution in [0.15, 0.2) is 63.2 Å². The number of nitrogens with one attached hydrogen (secondary N) is 1. The molecule has 0 bridgehead atoms. The normalized spacial score (nSPS) is 15.4. The van der Waals surface area contributed by atoms with Gasteiger partial charge in [0.2, 0.25) is 15.9 Å². The molecule has 2 aromatic carbocycles. The summed E-state index contributed by atoms with van der Waals surface area (Å²) in [5, 5.41) is 6.57. The number of aromatic nitrogens is 1. The predicted octanol–water partition coefficient (Wildman–Crippen LogP) is 5.26. The lowest BCUT2D eigenvalue weighted by Gasteiger charge is -2.30. The Bertz CT molecular complexity index is 1470. The second kappa shape index (κ2) is 9.62. The zero-order chi connectivity index (χ0) is 24.6. The number of carbonyl (C=O) groups excluding carboxylic acids is 1. The van der Waals surface area contributed by atoms with E-state index in [0.29, 0.717) is 45.8 Å². The molecular formula is C24H22ClN3O5S2. The van der Waals surface area contributed by atoms with Gasteiger partial charge in [0.05, 0.1) is 12.0 Å². The summed E-state index contributed by atoms with van der Waals surface area (Å²) in [6.07, 6.45) is 0.866. The van der Waals surface area contributed by atoms with Gasteiger partial charge >= 0.3 is 0 Å². The molecule has 1 amide bonds. The minimum Gasteiger partial charge on any atom is -0.497 e. The number of carbonyl (C=O) groups is 1. The number of hydrogen-bond acceptors (Lipinski definition) is 7. The van der Waals surface area contributed by atoms with Crippen LogP contribution in [-0.2, 0) is 14.8 Å². The summed E-state index contributed by atoms with van der Waals surface area (Å²) in [5.41, 5.74) is 1.32. The lowest BCUT2D eigenvalue weighted by Crippen LogP contribution is -2.41. The molecule has 1 aliphatic rings. The number of rotatable bonds is 6. The van der Waals surface area contributed by atoms with E-state index < -0.39 is 10.0 Å². The molecule has 1 aliphatic heterocycles. The second-order valence-corrected chi connectivity index (χ2v) is 11.4. The minimum atomic E-state index is -3.62. The van der Waals surface area contributed by atoms with Crippen LogP contribution in [0, 0.1) is 5.92 Å². The van der Waals surface area contributed by atoms with Crippen molar-refractivity contribution in [2.45, 2.75) is 17.7 Å². The Morgan fingerprint density at radius 3 is 2.63 bits per heavy atom. The van der Waals surface area contributed by atoms with Crippen molar-refractivity contribution < 1.29 is 22.4 Å². The average Bonchev–Trinajstić information content (AvgIpc) is 3.50. The molecule has 2 aromatic heterocycles. The van der Waals surface area contributed by atoms with Crippen LogP contribution in [-0.4, -0.2) is 43.8 Å². The van der Waals surface area contributed by atoms with Crippen molar-refractivity contribution >= 4 is 55.0 Å². The highest BCUT2D eigenvalue weighted by atomic mass is 35.5. The van der Waals surface area contributed by atoms with Gasteiger partial charge in [-0.15, -0.1) is 11.3 Å². The molecule has 0 unspecified atom stereocenters. The van der Waals surface area contributed by atoms with E-state index in [1.165, 1.54) is 27.8 Å². The van der Waals surface area contributed by atoms with Crippen LogP contribution in [0.1, 0.15) is 12.8 Å². The quantitative estimate of drug-likeness (QED) is 0.364. The highest BCUT2D eigenvalue weighted by Crippen LogP contribution is 2.32. The van der Waals surface area contributed by atoms with Crippen LogP contribution in [0.5, 0.6) is 5.75 Å². The van der Waals surface area contributed by atoms with Crippen LogP contribution in [0.4, 0.5) is 5.13 Å². The number of amides is 1. The number of anilines is 1. The molecule has 11 heteroatoms. The number of hydrogen-bond donors (Lipinski definition) is 1. The first-order chi connectivity index (χ1) is 16.8. The summed E-state index contributed by atoms with van der Waals surface area (Å²) < 4.78 is 38.3. The van der Waals surface area contributed by atoms with Gasteiger partial charge in [-0.25, -0.2) is 13.4 Å². The third-order valence-electron chi connectivity index (χ3n) is 5.99. The molecule has 8 nitrogen and oxygen atoms in total. The summed E-state index contributed by atoms with van der Waals surface area (Å²) in [6, 6.07) is 13.6. The van der Waals surface area contributed by atoms with E-state index in [2.05, 4.69) is 10.3 Å². The summed E-state index contributed by atoms with van der Waals surface area (Å²) in [4.78, 5) is 17.5. The Labute approximate surface area is 211 Å². The number of halogens is 1. The maximum absolute atomic E-state index is 12.9. The van der Waals surface area contributed by atoms with Gasteiger partial charge in [0.1, 0.15) is 17.0 Å². The Morgan fingerprint density at radius 1 is 1.17 bits per heavy atom. The fraction of sp³-hybridized carbons (Fsp3) is 0.250. The van der Waals surface area contributed by atoms with Gasteiger partial charge in [-0.3, -0.25) is 4.79 Å². The number of benzene rings is 2. The Kier molecular flexibility index (Phi) is 6.54. The number of thiazole rings is 1. The lowest BCUT2D eigenvalue weighted by molar-refractivity contribution is -0.120. The lowest BCUT2D eigenvalue weighted by atomic mass is 9.97. The van der Waals surface area contributed by atoms with Gasteiger partial charge in [0.15, 0.2) is 10.9 Å². The van der Waals surface area contributed by atoms with Gasteiger partial charge in [-0.2, -0.15) is 4.31 Å². The van der Waals surface area contributed by atoms with Crippen LogP contribution in [0.25, 0.3) is 22.4 Å². The Hall–Kier alpha value is -2.92. The van der Waals surface area contributed by atoms with Crippen LogP contribution >= 0.6 is 22.9 Å². The molecule has 5 rings (SSSR count). The molecular weight excluding hydrogens is 510 g/mol. The average molecular weight is 532 g/mol. The first kappa shape index (κ1) is 23.8. The molecule has 4 aromatic rings. The molecule has 1 saturated heterocycles. The fourth-order valence-corrected chi connectivity index (χ4v) is 6.33. The van der Waals surface area contributed by atoms with E-state index in [9.17, 15) is 13.2 Å². The monoisotopic (exact) mass is 531 g/mol. The van der Waals surface area contributed by atoms with Crippen molar-refractivity contribution in [3.05, 3.63) is 58.9 Å². The highest BCUT2D eigenvalue weighted by molar-refractivity contribution is 7.89. The minimum absolute atomic E-state index is 0.163. The zero-order valence-electron chi connectivity index (χ0n) is 18.7. The molecule has 0 saturated carbocycles. The van der Waals surface area contributed by atoms with E-state index in [1.807, 2.05) is 29.6 Å². The summed E-state index contributed by atoms with van der Waals surface area (Å²) >= 11 is 7.18. The first-order valence-electron chi connectivity index (χ1n) is 10.9. The van der Waals surface area contributed by atoms with Crippen molar-refractivity contribution in [3.8, 4) is 17.2 Å². The standard InChI is InChI=1S/C24H22ClN3O5S2/c1-32-18-5-2-16-12-22(33-21(16)13-18)20-14-34-24(26-20)27-23(29)15-8-10-28(11-9-15)35(30,31)19-6-3-17(25)4-7-19/h2-7,12-15H,8-11H2,1H3,(H,26,27,29). The number of furan rings is 1. The van der Waals surface area contributed by atoms with Gasteiger partial charge < -0.3 is 14.5 Å². The predicted molar refractivity (Wildman–Crippen MR) is 135 cm³/mol. The maximum atomic E-state index is 12.9. The highest BCUT2D eigenvalue weighted by Gasteiger charge is 2.32. The largest absolute Gasteiger partial charge is 0.497 e. The Balaban J connectivity index is 1.21. The van der Waals surface area contributed by atoms with Crippen molar-refractivity contribution in [1.82, 2.24) is 9.29 Å². The number of nitrogens with zero attached hydrogens (tertiary/aromatic N) is 2. The van der Waals surface area contributed by atoms with Gasteiger partial charge in [0.25, 0.3) is 0 Å². The summed E-state index contributed by atoms with van der Waals surface area (Å²) in [6.45, 7) is 0.545. The van der Waals surface area contributed by atoms with Crippen LogP contribution in [0.2, 0.25) is 5.02 Å². The van der Waals surface area contributed by atoms with Crippen molar-refractivity contribution in [3.63, 3.8) is 0 Å². The van der Waals surface area contributed by atoms with Crippen molar-refractivity contribution in [2.24, 2.45) is 5.92 Å². The Morgan fingerprint density at radius 2 is 1.91 bits per heavy atom. The van der Waals surface area contributed by atoms with Crippen molar-refractivity contribution in [2.75, 3.05) is 25.5 Å². The van der Waals surface area contributed by atoms with E-state index >= 15 is 0 Å². The zero-order valence-corrected chi connectivity index (χ0v) is 21.1. The molecule has 1 N–H and O–H groups in total. The molecule has 0 aliphatic carbocycles. The van der Waals surface area contributed by atoms with E-state index in [1.54, 1.807) is 19.2 Å². The van der Waals surface area contributed by atoms with Gasteiger partial charge in [-0.05, 0) is 55.3 Å². The van der Waals surface area contributed by atoms with Gasteiger partial charge in [0, 0.05) is 40.9 Å². The molecule has 0 spiro atoms. The number of fused-ring (bicyclic) bond motifs is 1. The molecule has 0 radical (unpaired) electrons. The topological polar surface area (TPSA) is 102 Å². The third-order valence-corrected chi connectivity index (χ3v) is 8.91. The second-order valence-electron chi connectivity index (χ2n) is 8.17.